The number of ether oxygens (including phenoxy) is 1. The van der Waals surface area contributed by atoms with Gasteiger partial charge in [-0.1, -0.05) is 56.1 Å². The summed E-state index contributed by atoms with van der Waals surface area (Å²) in [6.45, 7) is 4.17. The Balaban J connectivity index is 3.06. The van der Waals surface area contributed by atoms with Gasteiger partial charge in [0.25, 0.3) is 0 Å². The number of methoxy groups -OCH3 is 1. The van der Waals surface area contributed by atoms with Crippen LogP contribution in [-0.2, 0) is 18.3 Å². The van der Waals surface area contributed by atoms with Crippen molar-refractivity contribution in [2.24, 2.45) is 0 Å². The fourth-order valence-corrected chi connectivity index (χ4v) is 4.26. The van der Waals surface area contributed by atoms with Gasteiger partial charge in [-0.15, -0.1) is 0 Å². The van der Waals surface area contributed by atoms with E-state index in [-0.39, 0.29) is 3.74 Å². The molecule has 1 aromatic rings. The predicted molar refractivity (Wildman–Crippen MR) is 87.6 cm³/mol. The lowest BCUT2D eigenvalue weighted by atomic mass is 10.2. The first-order valence-corrected chi connectivity index (χ1v) is 9.72. The van der Waals surface area contributed by atoms with Crippen molar-refractivity contribution in [2.45, 2.75) is 23.4 Å². The number of rotatable bonds is 8. The minimum absolute atomic E-state index is 0.0793. The summed E-state index contributed by atoms with van der Waals surface area (Å²) < 4.78 is 28.9. The number of hydrogen-bond donors (Lipinski definition) is 0. The summed E-state index contributed by atoms with van der Waals surface area (Å²) in [5, 5.41) is 0. The van der Waals surface area contributed by atoms with Gasteiger partial charge in [0.1, 0.15) is 0 Å². The van der Waals surface area contributed by atoms with Gasteiger partial charge in [-0.2, -0.15) is 0 Å². The number of alkyl halides is 2. The predicted octanol–water partition coefficient (Wildman–Crippen LogP) is 5.39. The molecule has 0 saturated heterocycles. The quantitative estimate of drug-likeness (QED) is 0.410. The molecule has 4 nitrogen and oxygen atoms in total. The zero-order valence-corrected chi connectivity index (χ0v) is 15.8. The van der Waals surface area contributed by atoms with Crippen LogP contribution in [0.1, 0.15) is 34.6 Å². The van der Waals surface area contributed by atoms with E-state index in [0.717, 1.165) is 11.1 Å². The van der Waals surface area contributed by atoms with Gasteiger partial charge in [0.2, 0.25) is 0 Å². The summed E-state index contributed by atoms with van der Waals surface area (Å²) in [7, 11) is -1.83. The molecule has 1 unspecified atom stereocenters. The van der Waals surface area contributed by atoms with E-state index in [2.05, 4.69) is 31.9 Å². The fraction of sp³-hybridized carbons (Fsp3) is 0.538. The third-order valence-corrected chi connectivity index (χ3v) is 5.98. The molecular weight excluding hydrogens is 411 g/mol. The zero-order valence-electron chi connectivity index (χ0n) is 11.7. The lowest BCUT2D eigenvalue weighted by Gasteiger charge is -2.25. The molecule has 0 heterocycles. The molecular formula is C13H19Br2O4P. The van der Waals surface area contributed by atoms with Crippen molar-refractivity contribution in [3.05, 3.63) is 35.4 Å². The Labute approximate surface area is 137 Å². The number of hydrogen-bond acceptors (Lipinski definition) is 4. The average Bonchev–Trinajstić information content (AvgIpc) is 2.40. The smallest absolute Gasteiger partial charge is 0.363 e. The Morgan fingerprint density at radius 1 is 1.05 bits per heavy atom. The molecule has 20 heavy (non-hydrogen) atoms. The second-order valence-corrected chi connectivity index (χ2v) is 9.06. The van der Waals surface area contributed by atoms with Crippen molar-refractivity contribution in [1.29, 1.82) is 0 Å². The molecule has 0 aliphatic heterocycles. The Bertz CT molecular complexity index is 440. The summed E-state index contributed by atoms with van der Waals surface area (Å²) in [4.78, 5) is 0. The third kappa shape index (κ3) is 4.65. The van der Waals surface area contributed by atoms with E-state index < -0.39 is 13.4 Å². The molecule has 0 aliphatic rings. The number of halogens is 2. The highest BCUT2D eigenvalue weighted by atomic mass is 79.9. The van der Waals surface area contributed by atoms with Gasteiger partial charge in [-0.25, -0.2) is 0 Å². The lowest BCUT2D eigenvalue weighted by Crippen LogP contribution is -2.08. The maximum Gasteiger partial charge on any atom is 0.363 e. The Morgan fingerprint density at radius 3 is 1.85 bits per heavy atom. The lowest BCUT2D eigenvalue weighted by molar-refractivity contribution is 0.109. The standard InChI is InChI=1S/C13H19Br2O4P/c1-4-18-20(16,19-5-2)13(17-3)11-8-6-10(7-9-11)12(14)15/h6-9,12-13H,4-5H2,1-3H3. The molecule has 0 saturated carbocycles. The molecule has 1 atom stereocenters. The van der Waals surface area contributed by atoms with Gasteiger partial charge in [0.15, 0.2) is 5.85 Å². The molecule has 0 bridgehead atoms. The van der Waals surface area contributed by atoms with Crippen molar-refractivity contribution in [3.63, 3.8) is 0 Å². The van der Waals surface area contributed by atoms with Crippen LogP contribution in [-0.4, -0.2) is 20.3 Å². The van der Waals surface area contributed by atoms with Gasteiger partial charge in [0.05, 0.1) is 17.0 Å². The zero-order chi connectivity index (χ0) is 15.2. The molecule has 7 heteroatoms. The van der Waals surface area contributed by atoms with Crippen molar-refractivity contribution in [2.75, 3.05) is 20.3 Å². The molecule has 0 aromatic heterocycles. The van der Waals surface area contributed by atoms with Gasteiger partial charge in [-0.3, -0.25) is 4.57 Å². The Hall–Kier alpha value is 0.290. The second-order valence-electron chi connectivity index (χ2n) is 3.93. The topological polar surface area (TPSA) is 44.8 Å². The highest BCUT2D eigenvalue weighted by Gasteiger charge is 2.37. The highest BCUT2D eigenvalue weighted by molar-refractivity contribution is 9.24. The Kier molecular flexibility index (Phi) is 7.95. The number of benzene rings is 1. The summed E-state index contributed by atoms with van der Waals surface area (Å²) in [6.07, 6.45) is 0. The molecule has 1 aromatic carbocycles. The van der Waals surface area contributed by atoms with Crippen LogP contribution in [0.25, 0.3) is 0 Å². The first-order valence-electron chi connectivity index (χ1n) is 6.28. The first kappa shape index (κ1) is 18.3. The van der Waals surface area contributed by atoms with Crippen LogP contribution in [0.5, 0.6) is 0 Å². The average molecular weight is 430 g/mol. The van der Waals surface area contributed by atoms with E-state index in [1.807, 2.05) is 24.3 Å². The minimum Gasteiger partial charge on any atom is -0.364 e. The normalized spacial score (nSPS) is 13.7. The maximum absolute atomic E-state index is 12.8. The molecule has 0 spiro atoms. The second kappa shape index (κ2) is 8.66. The SMILES string of the molecule is CCOP(=O)(OCC)C(OC)c1ccc(C(Br)Br)cc1. The van der Waals surface area contributed by atoms with E-state index >= 15 is 0 Å². The summed E-state index contributed by atoms with van der Waals surface area (Å²) in [6, 6.07) is 7.59. The minimum atomic E-state index is -3.34. The van der Waals surface area contributed by atoms with Gasteiger partial charge in [0, 0.05) is 7.11 Å². The van der Waals surface area contributed by atoms with Crippen molar-refractivity contribution >= 4 is 39.5 Å². The summed E-state index contributed by atoms with van der Waals surface area (Å²) >= 11 is 6.86. The largest absolute Gasteiger partial charge is 0.364 e. The van der Waals surface area contributed by atoms with Crippen LogP contribution in [0.2, 0.25) is 0 Å². The summed E-state index contributed by atoms with van der Waals surface area (Å²) in [5.74, 6) is -0.722. The van der Waals surface area contributed by atoms with Crippen LogP contribution in [0.15, 0.2) is 24.3 Å². The van der Waals surface area contributed by atoms with Gasteiger partial charge < -0.3 is 13.8 Å². The van der Waals surface area contributed by atoms with Crippen LogP contribution < -0.4 is 0 Å². The molecule has 114 valence electrons. The van der Waals surface area contributed by atoms with Crippen LogP contribution in [0, 0.1) is 0 Å². The van der Waals surface area contributed by atoms with Crippen molar-refractivity contribution in [1.82, 2.24) is 0 Å². The first-order chi connectivity index (χ1) is 9.48. The molecule has 1 rings (SSSR count). The third-order valence-electron chi connectivity index (χ3n) is 2.60. The van der Waals surface area contributed by atoms with Crippen molar-refractivity contribution in [3.8, 4) is 0 Å². The molecule has 0 radical (unpaired) electrons. The fourth-order valence-electron chi connectivity index (χ4n) is 1.79. The van der Waals surface area contributed by atoms with Crippen molar-refractivity contribution < 1.29 is 18.3 Å². The van der Waals surface area contributed by atoms with E-state index in [1.54, 1.807) is 13.8 Å². The monoisotopic (exact) mass is 428 g/mol. The highest BCUT2D eigenvalue weighted by Crippen LogP contribution is 2.61. The molecule has 0 fully saturated rings. The van der Waals surface area contributed by atoms with E-state index in [0.29, 0.717) is 13.2 Å². The maximum atomic E-state index is 12.8. The van der Waals surface area contributed by atoms with E-state index in [4.69, 9.17) is 13.8 Å². The molecule has 0 aliphatic carbocycles. The summed E-state index contributed by atoms with van der Waals surface area (Å²) in [5.41, 5.74) is 1.83. The molecule has 0 N–H and O–H groups in total. The molecule has 0 amide bonds. The van der Waals surface area contributed by atoms with Gasteiger partial charge >= 0.3 is 7.60 Å². The van der Waals surface area contributed by atoms with Gasteiger partial charge in [-0.05, 0) is 25.0 Å². The van der Waals surface area contributed by atoms with Crippen LogP contribution in [0.3, 0.4) is 0 Å². The Morgan fingerprint density at radius 2 is 1.50 bits per heavy atom. The van der Waals surface area contributed by atoms with E-state index in [1.165, 1.54) is 7.11 Å². The van der Waals surface area contributed by atoms with Crippen LogP contribution in [0.4, 0.5) is 0 Å². The van der Waals surface area contributed by atoms with E-state index in [9.17, 15) is 4.57 Å². The van der Waals surface area contributed by atoms with Crippen LogP contribution >= 0.6 is 39.5 Å².